The quantitative estimate of drug-likeness (QED) is 0.660. The fraction of sp³-hybridized carbons (Fsp3) is 0.550. The molecule has 30 heavy (non-hydrogen) atoms. The summed E-state index contributed by atoms with van der Waals surface area (Å²) in [5, 5.41) is 8.84. The number of hydrogen-bond acceptors (Lipinski definition) is 8. The maximum Gasteiger partial charge on any atom is 0.253 e. The Bertz CT molecular complexity index is 929. The highest BCUT2D eigenvalue weighted by Gasteiger charge is 2.23. The topological polar surface area (TPSA) is 90.7 Å². The number of nitrogens with zero attached hydrogens (tertiary/aromatic N) is 8. The van der Waals surface area contributed by atoms with Crippen LogP contribution in [0.3, 0.4) is 0 Å². The minimum absolute atomic E-state index is 0.0195. The number of hydrogen-bond donors (Lipinski definition) is 0. The van der Waals surface area contributed by atoms with Gasteiger partial charge in [-0.25, -0.2) is 4.98 Å². The standard InChI is InChI=1S/C20H28N8O2/c1-16-13-19(29)28(15-21-16)14-20(30)27-11-9-26(10-12-27)18-4-3-17(22-23-18)25-7-5-24(2)6-8-25/h3-4,13,15H,5-12,14H2,1-2H3. The molecule has 2 aliphatic heterocycles. The van der Waals surface area contributed by atoms with E-state index in [0.29, 0.717) is 31.9 Å². The summed E-state index contributed by atoms with van der Waals surface area (Å²) in [5.74, 6) is 1.68. The Kier molecular flexibility index (Phi) is 5.93. The molecule has 0 aromatic carbocycles. The van der Waals surface area contributed by atoms with Gasteiger partial charge in [0.1, 0.15) is 6.54 Å². The number of rotatable bonds is 4. The van der Waals surface area contributed by atoms with E-state index in [0.717, 1.165) is 37.8 Å². The zero-order valence-corrected chi connectivity index (χ0v) is 17.6. The van der Waals surface area contributed by atoms with E-state index in [2.05, 4.69) is 36.9 Å². The normalized spacial score (nSPS) is 18.0. The van der Waals surface area contributed by atoms with Crippen LogP contribution in [0.2, 0.25) is 0 Å². The van der Waals surface area contributed by atoms with Crippen LogP contribution < -0.4 is 15.4 Å². The number of anilines is 2. The molecule has 2 fully saturated rings. The predicted octanol–water partition coefficient (Wildman–Crippen LogP) is -0.558. The van der Waals surface area contributed by atoms with E-state index in [1.807, 2.05) is 12.1 Å². The molecule has 0 spiro atoms. The number of aryl methyl sites for hydroxylation is 1. The maximum atomic E-state index is 12.6. The number of aromatic nitrogens is 4. The van der Waals surface area contributed by atoms with Gasteiger partial charge in [-0.15, -0.1) is 10.2 Å². The largest absolute Gasteiger partial charge is 0.353 e. The maximum absolute atomic E-state index is 12.6. The molecule has 2 aliphatic rings. The van der Waals surface area contributed by atoms with Crippen molar-refractivity contribution >= 4 is 17.5 Å². The van der Waals surface area contributed by atoms with Gasteiger partial charge in [-0.05, 0) is 26.1 Å². The average Bonchev–Trinajstić information content (AvgIpc) is 2.76. The van der Waals surface area contributed by atoms with Crippen LogP contribution in [0.15, 0.2) is 29.3 Å². The van der Waals surface area contributed by atoms with Crippen molar-refractivity contribution in [3.63, 3.8) is 0 Å². The minimum Gasteiger partial charge on any atom is -0.353 e. The molecule has 2 aromatic heterocycles. The first-order valence-electron chi connectivity index (χ1n) is 10.3. The van der Waals surface area contributed by atoms with Crippen LogP contribution in [0.4, 0.5) is 11.6 Å². The van der Waals surface area contributed by atoms with Gasteiger partial charge >= 0.3 is 0 Å². The van der Waals surface area contributed by atoms with Gasteiger partial charge < -0.3 is 19.6 Å². The van der Waals surface area contributed by atoms with E-state index in [1.54, 1.807) is 11.8 Å². The Morgan fingerprint density at radius 1 is 0.933 bits per heavy atom. The second kappa shape index (κ2) is 8.78. The van der Waals surface area contributed by atoms with E-state index in [1.165, 1.54) is 17.0 Å². The second-order valence-corrected chi connectivity index (χ2v) is 7.90. The van der Waals surface area contributed by atoms with E-state index >= 15 is 0 Å². The summed E-state index contributed by atoms with van der Waals surface area (Å²) >= 11 is 0. The van der Waals surface area contributed by atoms with Crippen molar-refractivity contribution in [2.75, 3.05) is 69.2 Å². The molecule has 0 saturated carbocycles. The minimum atomic E-state index is -0.204. The average molecular weight is 412 g/mol. The van der Waals surface area contributed by atoms with Crippen LogP contribution >= 0.6 is 0 Å². The van der Waals surface area contributed by atoms with Crippen LogP contribution in [0.1, 0.15) is 5.69 Å². The van der Waals surface area contributed by atoms with Gasteiger partial charge in [-0.1, -0.05) is 0 Å². The Hall–Kier alpha value is -3.01. The lowest BCUT2D eigenvalue weighted by Gasteiger charge is -2.36. The Morgan fingerprint density at radius 3 is 2.03 bits per heavy atom. The molecule has 4 rings (SSSR count). The van der Waals surface area contributed by atoms with Gasteiger partial charge in [-0.2, -0.15) is 0 Å². The van der Waals surface area contributed by atoms with Crippen molar-refractivity contribution in [3.8, 4) is 0 Å². The van der Waals surface area contributed by atoms with Gasteiger partial charge in [0.25, 0.3) is 5.56 Å². The SMILES string of the molecule is Cc1cc(=O)n(CC(=O)N2CCN(c3ccc(N4CCN(C)CC4)nn3)CC2)cn1. The van der Waals surface area contributed by atoms with Crippen LogP contribution in [0.25, 0.3) is 0 Å². The highest BCUT2D eigenvalue weighted by atomic mass is 16.2. The van der Waals surface area contributed by atoms with Crippen LogP contribution in [-0.4, -0.2) is 94.9 Å². The summed E-state index contributed by atoms with van der Waals surface area (Å²) < 4.78 is 1.35. The van der Waals surface area contributed by atoms with Crippen molar-refractivity contribution in [1.82, 2.24) is 29.5 Å². The highest BCUT2D eigenvalue weighted by molar-refractivity contribution is 5.76. The van der Waals surface area contributed by atoms with Crippen LogP contribution in [0.5, 0.6) is 0 Å². The lowest BCUT2D eigenvalue weighted by molar-refractivity contribution is -0.132. The smallest absolute Gasteiger partial charge is 0.253 e. The van der Waals surface area contributed by atoms with E-state index in [9.17, 15) is 9.59 Å². The van der Waals surface area contributed by atoms with Gasteiger partial charge in [0.15, 0.2) is 11.6 Å². The summed E-state index contributed by atoms with van der Waals surface area (Å²) in [5.41, 5.74) is 0.447. The summed E-state index contributed by atoms with van der Waals surface area (Å²) in [4.78, 5) is 37.1. The number of carbonyl (C=O) groups is 1. The van der Waals surface area contributed by atoms with Gasteiger partial charge in [0.05, 0.1) is 6.33 Å². The Balaban J connectivity index is 1.30. The van der Waals surface area contributed by atoms with Gasteiger partial charge in [0, 0.05) is 64.1 Å². The van der Waals surface area contributed by atoms with E-state index in [4.69, 9.17) is 0 Å². The molecule has 10 heteroatoms. The third-order valence-corrected chi connectivity index (χ3v) is 5.74. The zero-order chi connectivity index (χ0) is 21.1. The molecule has 4 heterocycles. The van der Waals surface area contributed by atoms with Crippen LogP contribution in [-0.2, 0) is 11.3 Å². The molecule has 2 aromatic rings. The molecule has 2 saturated heterocycles. The molecule has 10 nitrogen and oxygen atoms in total. The third kappa shape index (κ3) is 4.59. The Morgan fingerprint density at radius 2 is 1.50 bits per heavy atom. The molecular weight excluding hydrogens is 384 g/mol. The highest BCUT2D eigenvalue weighted by Crippen LogP contribution is 2.17. The number of likely N-dealkylation sites (N-methyl/N-ethyl adjacent to an activating group) is 1. The van der Waals surface area contributed by atoms with Crippen molar-refractivity contribution < 1.29 is 4.79 Å². The molecule has 0 radical (unpaired) electrons. The van der Waals surface area contributed by atoms with Gasteiger partial charge in [-0.3, -0.25) is 14.2 Å². The number of carbonyl (C=O) groups excluding carboxylic acids is 1. The number of piperazine rings is 2. The first-order valence-corrected chi connectivity index (χ1v) is 10.3. The molecule has 0 aliphatic carbocycles. The summed E-state index contributed by atoms with van der Waals surface area (Å²) in [6.45, 7) is 8.33. The third-order valence-electron chi connectivity index (χ3n) is 5.74. The molecule has 0 atom stereocenters. The van der Waals surface area contributed by atoms with Crippen LogP contribution in [0, 0.1) is 6.92 Å². The first-order chi connectivity index (χ1) is 14.5. The van der Waals surface area contributed by atoms with Gasteiger partial charge in [0.2, 0.25) is 5.91 Å². The summed E-state index contributed by atoms with van der Waals surface area (Å²) in [7, 11) is 2.13. The second-order valence-electron chi connectivity index (χ2n) is 7.90. The summed E-state index contributed by atoms with van der Waals surface area (Å²) in [6.07, 6.45) is 1.43. The predicted molar refractivity (Wildman–Crippen MR) is 114 cm³/mol. The fourth-order valence-electron chi connectivity index (χ4n) is 3.76. The molecule has 0 unspecified atom stereocenters. The fourth-order valence-corrected chi connectivity index (χ4v) is 3.76. The van der Waals surface area contributed by atoms with Crippen molar-refractivity contribution in [3.05, 3.63) is 40.6 Å². The Labute approximate surface area is 175 Å². The lowest BCUT2D eigenvalue weighted by atomic mass is 10.3. The van der Waals surface area contributed by atoms with E-state index in [-0.39, 0.29) is 18.0 Å². The molecule has 0 bridgehead atoms. The summed E-state index contributed by atoms with van der Waals surface area (Å²) in [6, 6.07) is 5.48. The number of amides is 1. The molecule has 1 amide bonds. The molecular formula is C20H28N8O2. The zero-order valence-electron chi connectivity index (χ0n) is 17.6. The molecule has 0 N–H and O–H groups in total. The lowest BCUT2D eigenvalue weighted by Crippen LogP contribution is -2.50. The van der Waals surface area contributed by atoms with Crippen molar-refractivity contribution in [2.24, 2.45) is 0 Å². The van der Waals surface area contributed by atoms with Crippen molar-refractivity contribution in [1.29, 1.82) is 0 Å². The van der Waals surface area contributed by atoms with Crippen molar-refractivity contribution in [2.45, 2.75) is 13.5 Å². The molecule has 160 valence electrons. The first kappa shape index (κ1) is 20.3. The monoisotopic (exact) mass is 412 g/mol. The van der Waals surface area contributed by atoms with E-state index < -0.39 is 0 Å².